The van der Waals surface area contributed by atoms with E-state index in [0.717, 1.165) is 40.0 Å². The molecule has 0 N–H and O–H groups in total. The van der Waals surface area contributed by atoms with Crippen LogP contribution in [0.1, 0.15) is 52.7 Å². The number of carbonyl (C=O) groups is 3. The highest BCUT2D eigenvalue weighted by Crippen LogP contribution is 2.40. The van der Waals surface area contributed by atoms with Gasteiger partial charge in [-0.2, -0.15) is 0 Å². The third-order valence-electron chi connectivity index (χ3n) is 5.14. The molecule has 1 aromatic rings. The molecular formula is C23H28N2O4S. The molecule has 160 valence electrons. The van der Waals surface area contributed by atoms with Gasteiger partial charge in [-0.15, -0.1) is 0 Å². The molecule has 1 fully saturated rings. The number of hydrogen-bond acceptors (Lipinski definition) is 6. The smallest absolute Gasteiger partial charge is 0.326 e. The van der Waals surface area contributed by atoms with Gasteiger partial charge >= 0.3 is 5.97 Å². The molecule has 0 spiro atoms. The fraction of sp³-hybridized carbons (Fsp3) is 0.435. The summed E-state index contributed by atoms with van der Waals surface area (Å²) in [6.07, 6.45) is 3.66. The molecular weight excluding hydrogens is 400 g/mol. The van der Waals surface area contributed by atoms with Crippen LogP contribution >= 0.6 is 11.8 Å². The molecule has 0 radical (unpaired) electrons. The number of benzene rings is 1. The lowest BCUT2D eigenvalue weighted by atomic mass is 9.88. The van der Waals surface area contributed by atoms with Gasteiger partial charge in [0.1, 0.15) is 6.54 Å². The van der Waals surface area contributed by atoms with Crippen molar-refractivity contribution in [1.29, 1.82) is 0 Å². The maximum Gasteiger partial charge on any atom is 0.326 e. The summed E-state index contributed by atoms with van der Waals surface area (Å²) in [6.45, 7) is 12.6. The molecule has 0 aromatic heterocycles. The number of imide groups is 1. The van der Waals surface area contributed by atoms with Crippen LogP contribution in [0.25, 0.3) is 11.6 Å². The fourth-order valence-electron chi connectivity index (χ4n) is 3.99. The summed E-state index contributed by atoms with van der Waals surface area (Å²) in [6, 6.07) is 6.06. The SMILES string of the molecule is CCN1c2ccc(/C=C3\SC(=O)N(CC(=O)OC(C)C)C3=O)cc2C(C)=CC1(C)C. The van der Waals surface area contributed by atoms with Gasteiger partial charge in [0.25, 0.3) is 11.1 Å². The Morgan fingerprint density at radius 2 is 1.97 bits per heavy atom. The molecule has 30 heavy (non-hydrogen) atoms. The van der Waals surface area contributed by atoms with Crippen molar-refractivity contribution in [3.8, 4) is 0 Å². The van der Waals surface area contributed by atoms with Crippen molar-refractivity contribution >= 4 is 46.2 Å². The van der Waals surface area contributed by atoms with Crippen molar-refractivity contribution in [3.05, 3.63) is 40.3 Å². The topological polar surface area (TPSA) is 66.9 Å². The molecule has 1 aromatic carbocycles. The van der Waals surface area contributed by atoms with Crippen molar-refractivity contribution in [2.75, 3.05) is 18.0 Å². The number of ether oxygens (including phenoxy) is 1. The Kier molecular flexibility index (Phi) is 6.13. The van der Waals surface area contributed by atoms with Gasteiger partial charge < -0.3 is 9.64 Å². The van der Waals surface area contributed by atoms with Gasteiger partial charge in [0.15, 0.2) is 0 Å². The van der Waals surface area contributed by atoms with E-state index in [2.05, 4.69) is 44.7 Å². The second kappa shape index (κ2) is 8.30. The van der Waals surface area contributed by atoms with Gasteiger partial charge in [-0.3, -0.25) is 19.3 Å². The van der Waals surface area contributed by atoms with Crippen LogP contribution in [-0.4, -0.2) is 46.7 Å². The molecule has 2 heterocycles. The molecule has 1 saturated heterocycles. The summed E-state index contributed by atoms with van der Waals surface area (Å²) in [5, 5.41) is -0.458. The third-order valence-corrected chi connectivity index (χ3v) is 6.05. The van der Waals surface area contributed by atoms with Crippen LogP contribution in [0.15, 0.2) is 29.2 Å². The number of hydrogen-bond donors (Lipinski definition) is 0. The molecule has 6 nitrogen and oxygen atoms in total. The van der Waals surface area contributed by atoms with Gasteiger partial charge in [0.2, 0.25) is 0 Å². The Labute approximate surface area is 181 Å². The Balaban J connectivity index is 1.86. The lowest BCUT2D eigenvalue weighted by Gasteiger charge is -2.42. The van der Waals surface area contributed by atoms with Crippen LogP contribution in [0.5, 0.6) is 0 Å². The van der Waals surface area contributed by atoms with E-state index in [9.17, 15) is 14.4 Å². The molecule has 0 atom stereocenters. The average Bonchev–Trinajstić information content (AvgIpc) is 2.88. The van der Waals surface area contributed by atoms with E-state index in [0.29, 0.717) is 4.91 Å². The Morgan fingerprint density at radius 3 is 2.60 bits per heavy atom. The monoisotopic (exact) mass is 428 g/mol. The van der Waals surface area contributed by atoms with Crippen molar-refractivity contribution in [1.82, 2.24) is 4.90 Å². The van der Waals surface area contributed by atoms with Crippen molar-refractivity contribution in [2.24, 2.45) is 0 Å². The van der Waals surface area contributed by atoms with Crippen LogP contribution in [-0.2, 0) is 14.3 Å². The van der Waals surface area contributed by atoms with Crippen LogP contribution in [0.4, 0.5) is 10.5 Å². The lowest BCUT2D eigenvalue weighted by molar-refractivity contribution is -0.149. The summed E-state index contributed by atoms with van der Waals surface area (Å²) in [5.41, 5.74) is 4.22. The Hall–Kier alpha value is -2.54. The first-order chi connectivity index (χ1) is 14.0. The highest BCUT2D eigenvalue weighted by molar-refractivity contribution is 8.18. The number of nitrogens with zero attached hydrogens (tertiary/aromatic N) is 2. The number of anilines is 1. The van der Waals surface area contributed by atoms with E-state index in [-0.39, 0.29) is 18.2 Å². The van der Waals surface area contributed by atoms with Gasteiger partial charge in [-0.05, 0) is 82.6 Å². The number of carbonyl (C=O) groups excluding carboxylic acids is 3. The van der Waals surface area contributed by atoms with Gasteiger partial charge in [0.05, 0.1) is 16.5 Å². The maximum atomic E-state index is 12.7. The maximum absolute atomic E-state index is 12.7. The second-order valence-electron chi connectivity index (χ2n) is 8.31. The molecule has 2 aliphatic rings. The van der Waals surface area contributed by atoms with Gasteiger partial charge in [-0.25, -0.2) is 0 Å². The Bertz CT molecular complexity index is 962. The zero-order valence-corrected chi connectivity index (χ0v) is 19.1. The molecule has 2 amide bonds. The summed E-state index contributed by atoms with van der Waals surface area (Å²) in [4.78, 5) is 40.4. The number of fused-ring (bicyclic) bond motifs is 1. The summed E-state index contributed by atoms with van der Waals surface area (Å²) in [7, 11) is 0. The third kappa shape index (κ3) is 4.31. The number of amides is 2. The van der Waals surface area contributed by atoms with E-state index in [4.69, 9.17) is 4.74 Å². The molecule has 2 aliphatic heterocycles. The molecule has 7 heteroatoms. The minimum absolute atomic E-state index is 0.0688. The van der Waals surface area contributed by atoms with Crippen molar-refractivity contribution in [2.45, 2.75) is 53.2 Å². The van der Waals surface area contributed by atoms with Crippen LogP contribution in [0.3, 0.4) is 0 Å². The quantitative estimate of drug-likeness (QED) is 0.500. The predicted octanol–water partition coefficient (Wildman–Crippen LogP) is 4.70. The standard InChI is InChI=1S/C23H28N2O4S/c1-7-25-18-9-8-16(10-17(18)15(4)12-23(25,5)6)11-19-21(27)24(22(28)30-19)13-20(26)29-14(2)3/h8-12,14H,7,13H2,1-6H3/b19-11-. The predicted molar refractivity (Wildman–Crippen MR) is 121 cm³/mol. The van der Waals surface area contributed by atoms with Gasteiger partial charge in [0, 0.05) is 17.8 Å². The minimum atomic E-state index is -0.592. The second-order valence-corrected chi connectivity index (χ2v) is 9.30. The number of likely N-dealkylation sites (N-methyl/N-ethyl adjacent to an activating group) is 1. The summed E-state index contributed by atoms with van der Waals surface area (Å²) in [5.74, 6) is -1.06. The number of esters is 1. The van der Waals surface area contributed by atoms with E-state index in [1.807, 2.05) is 12.1 Å². The normalized spacial score (nSPS) is 19.4. The molecule has 0 bridgehead atoms. The van der Waals surface area contributed by atoms with E-state index >= 15 is 0 Å². The van der Waals surface area contributed by atoms with Crippen LogP contribution < -0.4 is 4.90 Å². The van der Waals surface area contributed by atoms with E-state index in [1.54, 1.807) is 19.9 Å². The zero-order chi connectivity index (χ0) is 22.2. The zero-order valence-electron chi connectivity index (χ0n) is 18.3. The molecule has 0 aliphatic carbocycles. The highest BCUT2D eigenvalue weighted by Gasteiger charge is 2.37. The summed E-state index contributed by atoms with van der Waals surface area (Å²) < 4.78 is 5.05. The molecule has 0 unspecified atom stereocenters. The molecule has 3 rings (SSSR count). The number of thioether (sulfide) groups is 1. The first-order valence-corrected chi connectivity index (χ1v) is 10.9. The first kappa shape index (κ1) is 22.2. The number of allylic oxidation sites excluding steroid dienone is 1. The lowest BCUT2D eigenvalue weighted by Crippen LogP contribution is -2.44. The Morgan fingerprint density at radius 1 is 1.27 bits per heavy atom. The summed E-state index contributed by atoms with van der Waals surface area (Å²) >= 11 is 0.846. The number of rotatable bonds is 5. The van der Waals surface area contributed by atoms with Crippen LogP contribution in [0, 0.1) is 0 Å². The van der Waals surface area contributed by atoms with Crippen LogP contribution in [0.2, 0.25) is 0 Å². The van der Waals surface area contributed by atoms with E-state index < -0.39 is 17.1 Å². The fourth-order valence-corrected chi connectivity index (χ4v) is 4.82. The van der Waals surface area contributed by atoms with Crippen molar-refractivity contribution in [3.63, 3.8) is 0 Å². The average molecular weight is 429 g/mol. The largest absolute Gasteiger partial charge is 0.462 e. The van der Waals surface area contributed by atoms with Gasteiger partial charge in [-0.1, -0.05) is 12.1 Å². The minimum Gasteiger partial charge on any atom is -0.462 e. The van der Waals surface area contributed by atoms with Crippen molar-refractivity contribution < 1.29 is 19.1 Å². The molecule has 0 saturated carbocycles. The van der Waals surface area contributed by atoms with E-state index in [1.165, 1.54) is 5.57 Å². The highest BCUT2D eigenvalue weighted by atomic mass is 32.2. The first-order valence-electron chi connectivity index (χ1n) is 10.1.